The van der Waals surface area contributed by atoms with Crippen LogP contribution >= 0.6 is 0 Å². The summed E-state index contributed by atoms with van der Waals surface area (Å²) in [6, 6.07) is 0. The Morgan fingerprint density at radius 1 is 1.11 bits per heavy atom. The molecule has 0 saturated carbocycles. The summed E-state index contributed by atoms with van der Waals surface area (Å²) < 4.78 is 0. The van der Waals surface area contributed by atoms with Crippen molar-refractivity contribution in [1.29, 1.82) is 0 Å². The van der Waals surface area contributed by atoms with E-state index in [1.165, 1.54) is 6.92 Å². The van der Waals surface area contributed by atoms with Gasteiger partial charge in [0.15, 0.2) is 0 Å². The fourth-order valence-electron chi connectivity index (χ4n) is 2.75. The maximum Gasteiger partial charge on any atom is 0.309 e. The summed E-state index contributed by atoms with van der Waals surface area (Å²) in [4.78, 5) is 24.5. The molecule has 1 aliphatic heterocycles. The van der Waals surface area contributed by atoms with Crippen molar-refractivity contribution in [1.82, 2.24) is 4.90 Å². The summed E-state index contributed by atoms with van der Waals surface area (Å²) in [5.41, 5.74) is -0.648. The lowest BCUT2D eigenvalue weighted by atomic mass is 9.74. The van der Waals surface area contributed by atoms with E-state index in [1.807, 2.05) is 0 Å². The number of carbonyl (C=O) groups excluding carboxylic acids is 1. The highest BCUT2D eigenvalue weighted by molar-refractivity contribution is 5.76. The molecule has 0 aliphatic carbocycles. The highest BCUT2D eigenvalue weighted by Crippen LogP contribution is 2.37. The lowest BCUT2D eigenvalue weighted by Gasteiger charge is -2.38. The van der Waals surface area contributed by atoms with Gasteiger partial charge in [0.2, 0.25) is 5.91 Å². The maximum atomic E-state index is 11.5. The summed E-state index contributed by atoms with van der Waals surface area (Å²) in [5, 5.41) is 18.2. The molecule has 110 valence electrons. The number of unbranched alkanes of at least 4 members (excludes halogenated alkanes) is 3. The zero-order chi connectivity index (χ0) is 14.3. The van der Waals surface area contributed by atoms with Gasteiger partial charge in [-0.25, -0.2) is 0 Å². The largest absolute Gasteiger partial charge is 0.481 e. The van der Waals surface area contributed by atoms with Crippen LogP contribution in [0.4, 0.5) is 0 Å². The monoisotopic (exact) mass is 271 g/mol. The smallest absolute Gasteiger partial charge is 0.309 e. The number of amides is 1. The second kappa shape index (κ2) is 7.48. The summed E-state index contributed by atoms with van der Waals surface area (Å²) in [7, 11) is 0. The molecular formula is C14H25NO4. The number of piperidine rings is 1. The number of rotatable bonds is 7. The van der Waals surface area contributed by atoms with Crippen LogP contribution in [-0.2, 0) is 9.59 Å². The van der Waals surface area contributed by atoms with E-state index in [0.29, 0.717) is 32.4 Å². The Morgan fingerprint density at radius 2 is 1.68 bits per heavy atom. The van der Waals surface area contributed by atoms with Gasteiger partial charge in [0.05, 0.1) is 5.41 Å². The van der Waals surface area contributed by atoms with Crippen LogP contribution in [-0.4, -0.2) is 46.7 Å². The lowest BCUT2D eigenvalue weighted by Crippen LogP contribution is -2.45. The van der Waals surface area contributed by atoms with Gasteiger partial charge in [-0.3, -0.25) is 9.59 Å². The molecule has 2 N–H and O–H groups in total. The van der Waals surface area contributed by atoms with Crippen molar-refractivity contribution < 1.29 is 19.8 Å². The second-order valence-electron chi connectivity index (χ2n) is 5.48. The Bertz CT molecular complexity index is 309. The number of aliphatic hydroxyl groups excluding tert-OH is 1. The third kappa shape index (κ3) is 4.49. The van der Waals surface area contributed by atoms with Gasteiger partial charge in [0.1, 0.15) is 0 Å². The number of hydrogen-bond donors (Lipinski definition) is 2. The van der Waals surface area contributed by atoms with E-state index in [-0.39, 0.29) is 12.5 Å². The number of aliphatic hydroxyl groups is 1. The minimum atomic E-state index is -0.724. The number of hydrogen-bond acceptors (Lipinski definition) is 3. The predicted octanol–water partition coefficient (Wildman–Crippen LogP) is 1.64. The van der Waals surface area contributed by atoms with Crippen LogP contribution in [0.2, 0.25) is 0 Å². The molecule has 0 aromatic carbocycles. The van der Waals surface area contributed by atoms with E-state index in [4.69, 9.17) is 5.11 Å². The van der Waals surface area contributed by atoms with Crippen LogP contribution in [0.3, 0.4) is 0 Å². The van der Waals surface area contributed by atoms with Gasteiger partial charge in [0.25, 0.3) is 0 Å². The molecule has 1 fully saturated rings. The van der Waals surface area contributed by atoms with E-state index in [1.54, 1.807) is 4.90 Å². The molecule has 1 aliphatic rings. The second-order valence-corrected chi connectivity index (χ2v) is 5.48. The quantitative estimate of drug-likeness (QED) is 0.690. The first kappa shape index (κ1) is 16.0. The van der Waals surface area contributed by atoms with Gasteiger partial charge in [-0.15, -0.1) is 0 Å². The summed E-state index contributed by atoms with van der Waals surface area (Å²) in [6.07, 6.45) is 5.38. The Balaban J connectivity index is 2.44. The molecule has 0 bridgehead atoms. The minimum Gasteiger partial charge on any atom is -0.481 e. The van der Waals surface area contributed by atoms with Gasteiger partial charge in [-0.05, 0) is 25.7 Å². The first-order valence-corrected chi connectivity index (χ1v) is 7.11. The Hall–Kier alpha value is -1.10. The Morgan fingerprint density at radius 3 is 2.16 bits per heavy atom. The molecule has 0 spiro atoms. The van der Waals surface area contributed by atoms with E-state index in [9.17, 15) is 14.7 Å². The van der Waals surface area contributed by atoms with Gasteiger partial charge in [-0.1, -0.05) is 19.3 Å². The number of carboxylic acid groups (broad SMARTS) is 1. The molecule has 5 nitrogen and oxygen atoms in total. The molecule has 1 heterocycles. The van der Waals surface area contributed by atoms with Crippen LogP contribution in [0.15, 0.2) is 0 Å². The van der Waals surface area contributed by atoms with E-state index >= 15 is 0 Å². The van der Waals surface area contributed by atoms with Crippen molar-refractivity contribution >= 4 is 11.9 Å². The molecule has 19 heavy (non-hydrogen) atoms. The van der Waals surface area contributed by atoms with Crippen LogP contribution in [0, 0.1) is 5.41 Å². The standard InChI is InChI=1S/C14H25NO4/c1-12(17)15-9-7-14(8-10-15,13(18)19)6-4-2-3-5-11-16/h16H,2-11H2,1H3,(H,18,19). The number of carboxylic acids is 1. The lowest BCUT2D eigenvalue weighted by molar-refractivity contribution is -0.154. The van der Waals surface area contributed by atoms with E-state index in [0.717, 1.165) is 25.7 Å². The van der Waals surface area contributed by atoms with Gasteiger partial charge in [0, 0.05) is 26.6 Å². The van der Waals surface area contributed by atoms with Crippen LogP contribution in [0.1, 0.15) is 51.9 Å². The number of likely N-dealkylation sites (tertiary alicyclic amines) is 1. The van der Waals surface area contributed by atoms with Crippen molar-refractivity contribution in [3.63, 3.8) is 0 Å². The average Bonchev–Trinajstić information content (AvgIpc) is 2.38. The van der Waals surface area contributed by atoms with Gasteiger partial charge in [-0.2, -0.15) is 0 Å². The molecule has 0 unspecified atom stereocenters. The molecule has 5 heteroatoms. The third-order valence-electron chi connectivity index (χ3n) is 4.18. The predicted molar refractivity (Wildman–Crippen MR) is 71.7 cm³/mol. The number of nitrogens with zero attached hydrogens (tertiary/aromatic N) is 1. The number of carbonyl (C=O) groups is 2. The van der Waals surface area contributed by atoms with Crippen molar-refractivity contribution in [2.75, 3.05) is 19.7 Å². The topological polar surface area (TPSA) is 77.8 Å². The van der Waals surface area contributed by atoms with Crippen LogP contribution in [0.25, 0.3) is 0 Å². The fourth-order valence-corrected chi connectivity index (χ4v) is 2.75. The molecule has 1 saturated heterocycles. The average molecular weight is 271 g/mol. The summed E-state index contributed by atoms with van der Waals surface area (Å²) >= 11 is 0. The molecule has 0 radical (unpaired) electrons. The first-order chi connectivity index (χ1) is 9.02. The SMILES string of the molecule is CC(=O)N1CCC(CCCCCCO)(C(=O)O)CC1. The van der Waals surface area contributed by atoms with Crippen LogP contribution < -0.4 is 0 Å². The van der Waals surface area contributed by atoms with E-state index < -0.39 is 11.4 Å². The van der Waals surface area contributed by atoms with E-state index in [2.05, 4.69) is 0 Å². The van der Waals surface area contributed by atoms with Gasteiger partial charge >= 0.3 is 5.97 Å². The zero-order valence-corrected chi connectivity index (χ0v) is 11.7. The summed E-state index contributed by atoms with van der Waals surface area (Å²) in [5.74, 6) is -0.695. The van der Waals surface area contributed by atoms with Crippen molar-refractivity contribution in [2.45, 2.75) is 51.9 Å². The van der Waals surface area contributed by atoms with Crippen molar-refractivity contribution in [2.24, 2.45) is 5.41 Å². The molecule has 1 rings (SSSR count). The third-order valence-corrected chi connectivity index (χ3v) is 4.18. The zero-order valence-electron chi connectivity index (χ0n) is 11.7. The molecule has 0 atom stereocenters. The molecular weight excluding hydrogens is 246 g/mol. The molecule has 0 aromatic heterocycles. The first-order valence-electron chi connectivity index (χ1n) is 7.11. The molecule has 1 amide bonds. The number of aliphatic carboxylic acids is 1. The molecule has 0 aromatic rings. The Labute approximate surface area is 114 Å². The van der Waals surface area contributed by atoms with Crippen molar-refractivity contribution in [3.8, 4) is 0 Å². The van der Waals surface area contributed by atoms with Crippen LogP contribution in [0.5, 0.6) is 0 Å². The highest BCUT2D eigenvalue weighted by Gasteiger charge is 2.41. The highest BCUT2D eigenvalue weighted by atomic mass is 16.4. The normalized spacial score (nSPS) is 18.3. The Kier molecular flexibility index (Phi) is 6.28. The van der Waals surface area contributed by atoms with Gasteiger partial charge < -0.3 is 15.1 Å². The summed E-state index contributed by atoms with van der Waals surface area (Å²) in [6.45, 7) is 2.84. The minimum absolute atomic E-state index is 0.0296. The maximum absolute atomic E-state index is 11.5. The van der Waals surface area contributed by atoms with Crippen molar-refractivity contribution in [3.05, 3.63) is 0 Å². The fraction of sp³-hybridized carbons (Fsp3) is 0.857.